The van der Waals surface area contributed by atoms with Crippen LogP contribution in [0.4, 0.5) is 5.69 Å². The van der Waals surface area contributed by atoms with Gasteiger partial charge in [-0.1, -0.05) is 23.7 Å². The number of nitrogens with one attached hydrogen (secondary N) is 1. The van der Waals surface area contributed by atoms with Crippen LogP contribution < -0.4 is 15.0 Å². The van der Waals surface area contributed by atoms with Gasteiger partial charge in [-0.3, -0.25) is 9.59 Å². The standard InChI is InChI=1S/C18H17ClN2O3/c1-24-16-5-3-2-4-15(16)18(23)20-13-10-17(22)21(11-13)14-8-6-12(19)7-9-14/h2-9,13H,10-11H2,1H3,(H,20,23). The van der Waals surface area contributed by atoms with Crippen LogP contribution in [0.25, 0.3) is 0 Å². The molecule has 0 aromatic heterocycles. The summed E-state index contributed by atoms with van der Waals surface area (Å²) in [5, 5.41) is 3.52. The van der Waals surface area contributed by atoms with E-state index in [1.54, 1.807) is 53.4 Å². The number of methoxy groups -OCH3 is 1. The van der Waals surface area contributed by atoms with E-state index in [0.29, 0.717) is 22.9 Å². The summed E-state index contributed by atoms with van der Waals surface area (Å²) in [4.78, 5) is 26.3. The Bertz CT molecular complexity index is 761. The highest BCUT2D eigenvalue weighted by Crippen LogP contribution is 2.24. The van der Waals surface area contributed by atoms with Crippen LogP contribution in [0, 0.1) is 0 Å². The van der Waals surface area contributed by atoms with Gasteiger partial charge in [-0.2, -0.15) is 0 Å². The minimum absolute atomic E-state index is 0.0253. The van der Waals surface area contributed by atoms with Gasteiger partial charge >= 0.3 is 0 Å². The number of para-hydroxylation sites is 1. The van der Waals surface area contributed by atoms with E-state index in [1.165, 1.54) is 7.11 Å². The Kier molecular flexibility index (Phi) is 4.71. The molecule has 2 aromatic carbocycles. The predicted molar refractivity (Wildman–Crippen MR) is 92.7 cm³/mol. The fraction of sp³-hybridized carbons (Fsp3) is 0.222. The quantitative estimate of drug-likeness (QED) is 0.927. The highest BCUT2D eigenvalue weighted by atomic mass is 35.5. The number of benzene rings is 2. The van der Waals surface area contributed by atoms with Crippen LogP contribution in [0.1, 0.15) is 16.8 Å². The monoisotopic (exact) mass is 344 g/mol. The first kappa shape index (κ1) is 16.3. The molecule has 2 amide bonds. The van der Waals surface area contributed by atoms with Crippen LogP contribution >= 0.6 is 11.6 Å². The summed E-state index contributed by atoms with van der Waals surface area (Å²) in [6.07, 6.45) is 0.267. The van der Waals surface area contributed by atoms with Gasteiger partial charge in [-0.15, -0.1) is 0 Å². The van der Waals surface area contributed by atoms with E-state index in [2.05, 4.69) is 5.32 Å². The number of ether oxygens (including phenoxy) is 1. The first-order chi connectivity index (χ1) is 11.6. The van der Waals surface area contributed by atoms with Crippen LogP contribution in [0.2, 0.25) is 5.02 Å². The Morgan fingerprint density at radius 1 is 1.21 bits per heavy atom. The molecule has 1 saturated heterocycles. The molecule has 5 nitrogen and oxygen atoms in total. The lowest BCUT2D eigenvalue weighted by molar-refractivity contribution is -0.117. The minimum atomic E-state index is -0.247. The summed E-state index contributed by atoms with van der Waals surface area (Å²) in [7, 11) is 1.52. The van der Waals surface area contributed by atoms with Crippen molar-refractivity contribution in [1.82, 2.24) is 5.32 Å². The van der Waals surface area contributed by atoms with E-state index in [4.69, 9.17) is 16.3 Å². The molecule has 6 heteroatoms. The first-order valence-corrected chi connectivity index (χ1v) is 7.96. The van der Waals surface area contributed by atoms with Gasteiger partial charge in [0, 0.05) is 23.7 Å². The lowest BCUT2D eigenvalue weighted by Crippen LogP contribution is -2.37. The third-order valence-corrected chi connectivity index (χ3v) is 4.20. The number of rotatable bonds is 4. The third-order valence-electron chi connectivity index (χ3n) is 3.95. The van der Waals surface area contributed by atoms with Gasteiger partial charge in [0.05, 0.1) is 18.7 Å². The van der Waals surface area contributed by atoms with Crippen LogP contribution in [-0.4, -0.2) is 31.5 Å². The van der Waals surface area contributed by atoms with Crippen LogP contribution in [0.15, 0.2) is 48.5 Å². The topological polar surface area (TPSA) is 58.6 Å². The molecule has 1 heterocycles. The highest BCUT2D eigenvalue weighted by molar-refractivity contribution is 6.30. The van der Waals surface area contributed by atoms with E-state index in [0.717, 1.165) is 5.69 Å². The summed E-state index contributed by atoms with van der Waals surface area (Å²) in [6, 6.07) is 13.8. The van der Waals surface area contributed by atoms with E-state index < -0.39 is 0 Å². The molecule has 0 saturated carbocycles. The normalized spacial score (nSPS) is 17.0. The Labute approximate surface area is 145 Å². The second-order valence-corrected chi connectivity index (χ2v) is 5.99. The predicted octanol–water partition coefficient (Wildman–Crippen LogP) is 2.88. The van der Waals surface area contributed by atoms with Crippen molar-refractivity contribution >= 4 is 29.1 Å². The molecule has 1 N–H and O–H groups in total. The van der Waals surface area contributed by atoms with Crippen LogP contribution in [0.3, 0.4) is 0 Å². The number of hydrogen-bond acceptors (Lipinski definition) is 3. The van der Waals surface area contributed by atoms with Gasteiger partial charge in [0.1, 0.15) is 5.75 Å². The number of anilines is 1. The van der Waals surface area contributed by atoms with E-state index >= 15 is 0 Å². The molecule has 124 valence electrons. The Morgan fingerprint density at radius 2 is 1.92 bits per heavy atom. The molecule has 1 fully saturated rings. The van der Waals surface area contributed by atoms with Crippen molar-refractivity contribution < 1.29 is 14.3 Å². The molecule has 24 heavy (non-hydrogen) atoms. The second-order valence-electron chi connectivity index (χ2n) is 5.56. The summed E-state index contributed by atoms with van der Waals surface area (Å²) in [5.41, 5.74) is 1.23. The van der Waals surface area contributed by atoms with Crippen molar-refractivity contribution in [1.29, 1.82) is 0 Å². The fourth-order valence-corrected chi connectivity index (χ4v) is 2.90. The van der Waals surface area contributed by atoms with E-state index in [1.807, 2.05) is 0 Å². The van der Waals surface area contributed by atoms with Crippen molar-refractivity contribution in [3.05, 3.63) is 59.1 Å². The number of amides is 2. The Hall–Kier alpha value is -2.53. The number of carbonyl (C=O) groups is 2. The zero-order valence-corrected chi connectivity index (χ0v) is 13.9. The average molecular weight is 345 g/mol. The average Bonchev–Trinajstić information content (AvgIpc) is 2.95. The van der Waals surface area contributed by atoms with Gasteiger partial charge in [0.2, 0.25) is 5.91 Å². The zero-order chi connectivity index (χ0) is 17.1. The van der Waals surface area contributed by atoms with E-state index in [9.17, 15) is 9.59 Å². The van der Waals surface area contributed by atoms with Crippen LogP contribution in [-0.2, 0) is 4.79 Å². The zero-order valence-electron chi connectivity index (χ0n) is 13.2. The van der Waals surface area contributed by atoms with Gasteiger partial charge < -0.3 is 15.0 Å². The Balaban J connectivity index is 1.70. The SMILES string of the molecule is COc1ccccc1C(=O)NC1CC(=O)N(c2ccc(Cl)cc2)C1. The van der Waals surface area contributed by atoms with Gasteiger partial charge in [-0.25, -0.2) is 0 Å². The maximum atomic E-state index is 12.4. The van der Waals surface area contributed by atoms with E-state index in [-0.39, 0.29) is 24.3 Å². The molecule has 1 aliphatic rings. The largest absolute Gasteiger partial charge is 0.496 e. The number of nitrogens with zero attached hydrogens (tertiary/aromatic N) is 1. The van der Waals surface area contributed by atoms with Gasteiger partial charge in [0.15, 0.2) is 0 Å². The molecular formula is C18H17ClN2O3. The van der Waals surface area contributed by atoms with Crippen LogP contribution in [0.5, 0.6) is 5.75 Å². The van der Waals surface area contributed by atoms with Gasteiger partial charge in [-0.05, 0) is 36.4 Å². The van der Waals surface area contributed by atoms with Crippen molar-refractivity contribution in [2.75, 3.05) is 18.6 Å². The van der Waals surface area contributed by atoms with Gasteiger partial charge in [0.25, 0.3) is 5.91 Å². The molecule has 2 aromatic rings. The second kappa shape index (κ2) is 6.93. The molecule has 0 radical (unpaired) electrons. The highest BCUT2D eigenvalue weighted by Gasteiger charge is 2.32. The number of halogens is 1. The fourth-order valence-electron chi connectivity index (χ4n) is 2.77. The maximum Gasteiger partial charge on any atom is 0.255 e. The molecule has 1 atom stereocenters. The van der Waals surface area contributed by atoms with Crippen molar-refractivity contribution in [3.8, 4) is 5.75 Å². The van der Waals surface area contributed by atoms with Crippen molar-refractivity contribution in [3.63, 3.8) is 0 Å². The van der Waals surface area contributed by atoms with Crippen molar-refractivity contribution in [2.45, 2.75) is 12.5 Å². The molecular weight excluding hydrogens is 328 g/mol. The molecule has 3 rings (SSSR count). The first-order valence-electron chi connectivity index (χ1n) is 7.58. The smallest absolute Gasteiger partial charge is 0.255 e. The molecule has 0 aliphatic carbocycles. The summed E-state index contributed by atoms with van der Waals surface area (Å²) in [5.74, 6) is 0.236. The lowest BCUT2D eigenvalue weighted by Gasteiger charge is -2.17. The Morgan fingerprint density at radius 3 is 2.62 bits per heavy atom. The summed E-state index contributed by atoms with van der Waals surface area (Å²) in [6.45, 7) is 0.432. The maximum absolute atomic E-state index is 12.4. The molecule has 1 aliphatic heterocycles. The third kappa shape index (κ3) is 3.36. The van der Waals surface area contributed by atoms with Crippen molar-refractivity contribution in [2.24, 2.45) is 0 Å². The minimum Gasteiger partial charge on any atom is -0.496 e. The lowest BCUT2D eigenvalue weighted by atomic mass is 10.1. The molecule has 1 unspecified atom stereocenters. The number of carbonyl (C=O) groups excluding carboxylic acids is 2. The summed E-state index contributed by atoms with van der Waals surface area (Å²) >= 11 is 5.88. The summed E-state index contributed by atoms with van der Waals surface area (Å²) < 4.78 is 5.20. The molecule has 0 spiro atoms. The molecule has 0 bridgehead atoms. The number of hydrogen-bond donors (Lipinski definition) is 1.